The summed E-state index contributed by atoms with van der Waals surface area (Å²) in [7, 11) is 0. The van der Waals surface area contributed by atoms with E-state index in [9.17, 15) is 0 Å². The van der Waals surface area contributed by atoms with Crippen LogP contribution in [-0.2, 0) is 9.47 Å². The van der Waals surface area contributed by atoms with Gasteiger partial charge in [0, 0.05) is 19.7 Å². The lowest BCUT2D eigenvalue weighted by Crippen LogP contribution is -2.45. The van der Waals surface area contributed by atoms with Crippen LogP contribution in [0, 0.1) is 0 Å². The van der Waals surface area contributed by atoms with Gasteiger partial charge in [0.25, 0.3) is 0 Å². The molecule has 3 heteroatoms. The molecule has 2 unspecified atom stereocenters. The van der Waals surface area contributed by atoms with Crippen LogP contribution in [0.2, 0.25) is 0 Å². The predicted octanol–water partition coefficient (Wildman–Crippen LogP) is 0.400. The van der Waals surface area contributed by atoms with E-state index in [2.05, 4.69) is 12.2 Å². The lowest BCUT2D eigenvalue weighted by molar-refractivity contribution is -0.0668. The van der Waals surface area contributed by atoms with Crippen molar-refractivity contribution in [1.82, 2.24) is 5.32 Å². The van der Waals surface area contributed by atoms with Gasteiger partial charge in [-0.2, -0.15) is 0 Å². The SMILES string of the molecule is CCOCC1CNCC(C)O1. The Bertz CT molecular complexity index is 108. The minimum Gasteiger partial charge on any atom is -0.379 e. The molecule has 0 saturated carbocycles. The topological polar surface area (TPSA) is 30.5 Å². The van der Waals surface area contributed by atoms with E-state index in [0.29, 0.717) is 12.7 Å². The third-order valence-electron chi connectivity index (χ3n) is 1.74. The van der Waals surface area contributed by atoms with Crippen molar-refractivity contribution in [3.63, 3.8) is 0 Å². The molecule has 1 saturated heterocycles. The van der Waals surface area contributed by atoms with Gasteiger partial charge >= 0.3 is 0 Å². The Balaban J connectivity index is 2.12. The van der Waals surface area contributed by atoms with E-state index in [-0.39, 0.29) is 6.10 Å². The van der Waals surface area contributed by atoms with Crippen LogP contribution in [0.1, 0.15) is 13.8 Å². The first-order valence-electron chi connectivity index (χ1n) is 4.27. The quantitative estimate of drug-likeness (QED) is 0.646. The summed E-state index contributed by atoms with van der Waals surface area (Å²) >= 11 is 0. The van der Waals surface area contributed by atoms with Gasteiger partial charge in [-0.15, -0.1) is 0 Å². The summed E-state index contributed by atoms with van der Waals surface area (Å²) in [6, 6.07) is 0. The Morgan fingerprint density at radius 3 is 3.00 bits per heavy atom. The molecule has 1 rings (SSSR count). The Hall–Kier alpha value is -0.120. The standard InChI is InChI=1S/C8H17NO2/c1-3-10-6-8-5-9-4-7(2)11-8/h7-9H,3-6H2,1-2H3. The van der Waals surface area contributed by atoms with Crippen molar-refractivity contribution in [2.75, 3.05) is 26.3 Å². The lowest BCUT2D eigenvalue weighted by atomic mass is 10.2. The van der Waals surface area contributed by atoms with Gasteiger partial charge in [0.1, 0.15) is 0 Å². The molecule has 1 aliphatic heterocycles. The number of hydrogen-bond donors (Lipinski definition) is 1. The highest BCUT2D eigenvalue weighted by molar-refractivity contribution is 4.70. The molecule has 0 aromatic rings. The van der Waals surface area contributed by atoms with Gasteiger partial charge in [-0.05, 0) is 13.8 Å². The van der Waals surface area contributed by atoms with Crippen LogP contribution < -0.4 is 5.32 Å². The van der Waals surface area contributed by atoms with Crippen molar-refractivity contribution in [3.05, 3.63) is 0 Å². The summed E-state index contributed by atoms with van der Waals surface area (Å²) in [5, 5.41) is 3.29. The molecule has 0 spiro atoms. The van der Waals surface area contributed by atoms with E-state index < -0.39 is 0 Å². The summed E-state index contributed by atoms with van der Waals surface area (Å²) in [4.78, 5) is 0. The zero-order valence-corrected chi connectivity index (χ0v) is 7.30. The van der Waals surface area contributed by atoms with Crippen LogP contribution >= 0.6 is 0 Å². The molecule has 0 aromatic carbocycles. The van der Waals surface area contributed by atoms with Crippen LogP contribution in [0.3, 0.4) is 0 Å². The van der Waals surface area contributed by atoms with Gasteiger partial charge < -0.3 is 14.8 Å². The molecule has 3 nitrogen and oxygen atoms in total. The molecule has 0 amide bonds. The summed E-state index contributed by atoms with van der Waals surface area (Å²) in [5.41, 5.74) is 0. The summed E-state index contributed by atoms with van der Waals surface area (Å²) < 4.78 is 10.9. The number of nitrogens with one attached hydrogen (secondary N) is 1. The van der Waals surface area contributed by atoms with Crippen molar-refractivity contribution in [2.45, 2.75) is 26.1 Å². The van der Waals surface area contributed by atoms with E-state index in [0.717, 1.165) is 19.7 Å². The van der Waals surface area contributed by atoms with E-state index >= 15 is 0 Å². The molecule has 0 aliphatic carbocycles. The molecule has 0 aromatic heterocycles. The van der Waals surface area contributed by atoms with Crippen molar-refractivity contribution >= 4 is 0 Å². The Kier molecular flexibility index (Phi) is 3.83. The fourth-order valence-corrected chi connectivity index (χ4v) is 1.22. The lowest BCUT2D eigenvalue weighted by Gasteiger charge is -2.28. The van der Waals surface area contributed by atoms with Gasteiger partial charge in [-0.25, -0.2) is 0 Å². The van der Waals surface area contributed by atoms with E-state index in [4.69, 9.17) is 9.47 Å². The van der Waals surface area contributed by atoms with Gasteiger partial charge in [-0.1, -0.05) is 0 Å². The van der Waals surface area contributed by atoms with Gasteiger partial charge in [-0.3, -0.25) is 0 Å². The van der Waals surface area contributed by atoms with Crippen LogP contribution in [0.25, 0.3) is 0 Å². The third kappa shape index (κ3) is 3.18. The van der Waals surface area contributed by atoms with Crippen LogP contribution in [-0.4, -0.2) is 38.5 Å². The predicted molar refractivity (Wildman–Crippen MR) is 43.7 cm³/mol. The molecule has 1 N–H and O–H groups in total. The highest BCUT2D eigenvalue weighted by Crippen LogP contribution is 2.02. The summed E-state index contributed by atoms with van der Waals surface area (Å²) in [6.07, 6.45) is 0.577. The minimum atomic E-state index is 0.249. The first kappa shape index (κ1) is 8.97. The largest absolute Gasteiger partial charge is 0.379 e. The van der Waals surface area contributed by atoms with Gasteiger partial charge in [0.2, 0.25) is 0 Å². The average molecular weight is 159 g/mol. The van der Waals surface area contributed by atoms with Crippen molar-refractivity contribution < 1.29 is 9.47 Å². The Morgan fingerprint density at radius 2 is 2.36 bits per heavy atom. The molecule has 1 aliphatic rings. The molecule has 66 valence electrons. The molecule has 1 fully saturated rings. The fourth-order valence-electron chi connectivity index (χ4n) is 1.22. The van der Waals surface area contributed by atoms with E-state index in [1.165, 1.54) is 0 Å². The smallest absolute Gasteiger partial charge is 0.0936 e. The monoisotopic (exact) mass is 159 g/mol. The maximum absolute atomic E-state index is 5.60. The van der Waals surface area contributed by atoms with Gasteiger partial charge in [0.05, 0.1) is 18.8 Å². The van der Waals surface area contributed by atoms with Crippen LogP contribution in [0.4, 0.5) is 0 Å². The van der Waals surface area contributed by atoms with Crippen molar-refractivity contribution in [3.8, 4) is 0 Å². The average Bonchev–Trinajstić information content (AvgIpc) is 2.01. The second-order valence-electron chi connectivity index (χ2n) is 2.89. The van der Waals surface area contributed by atoms with E-state index in [1.54, 1.807) is 0 Å². The number of rotatable bonds is 3. The molecular weight excluding hydrogens is 142 g/mol. The molecular formula is C8H17NO2. The molecule has 11 heavy (non-hydrogen) atoms. The number of ether oxygens (including phenoxy) is 2. The third-order valence-corrected chi connectivity index (χ3v) is 1.74. The normalized spacial score (nSPS) is 32.2. The molecule has 1 heterocycles. The zero-order chi connectivity index (χ0) is 8.10. The van der Waals surface area contributed by atoms with Crippen LogP contribution in [0.15, 0.2) is 0 Å². The Morgan fingerprint density at radius 1 is 1.55 bits per heavy atom. The first-order chi connectivity index (χ1) is 5.33. The minimum absolute atomic E-state index is 0.249. The second kappa shape index (κ2) is 4.70. The highest BCUT2D eigenvalue weighted by atomic mass is 16.5. The number of hydrogen-bond acceptors (Lipinski definition) is 3. The molecule has 0 radical (unpaired) electrons. The first-order valence-corrected chi connectivity index (χ1v) is 4.27. The maximum atomic E-state index is 5.60. The summed E-state index contributed by atoms with van der Waals surface area (Å²) in [6.45, 7) is 7.44. The fraction of sp³-hybridized carbons (Fsp3) is 1.00. The zero-order valence-electron chi connectivity index (χ0n) is 7.30. The number of morpholine rings is 1. The van der Waals surface area contributed by atoms with E-state index in [1.807, 2.05) is 6.92 Å². The maximum Gasteiger partial charge on any atom is 0.0936 e. The second-order valence-corrected chi connectivity index (χ2v) is 2.89. The Labute approximate surface area is 68.1 Å². The van der Waals surface area contributed by atoms with Gasteiger partial charge in [0.15, 0.2) is 0 Å². The molecule has 2 atom stereocenters. The van der Waals surface area contributed by atoms with Crippen molar-refractivity contribution in [2.24, 2.45) is 0 Å². The molecule has 0 bridgehead atoms. The highest BCUT2D eigenvalue weighted by Gasteiger charge is 2.17. The van der Waals surface area contributed by atoms with Crippen molar-refractivity contribution in [1.29, 1.82) is 0 Å². The van der Waals surface area contributed by atoms with Crippen LogP contribution in [0.5, 0.6) is 0 Å². The summed E-state index contributed by atoms with van der Waals surface area (Å²) in [5.74, 6) is 0.